The molecule has 0 saturated heterocycles. The number of carboxylic acid groups (broad SMARTS) is 1. The first kappa shape index (κ1) is 73.7. The van der Waals surface area contributed by atoms with Gasteiger partial charge in [0.05, 0.1) is 34.4 Å². The fourth-order valence-electron chi connectivity index (χ4n) is 7.32. The maximum atomic E-state index is 12.9. The molecule has 9 nitrogen and oxygen atoms in total. The zero-order valence-electron chi connectivity index (χ0n) is 50.2. The smallest absolute Gasteiger partial charge is 0.361 e. The Hall–Kier alpha value is -5.35. The highest BCUT2D eigenvalue weighted by atomic mass is 16.7. The monoisotopic (exact) mass is 1090 g/mol. The molecule has 1 N–H and O–H groups in total. The third-order valence-corrected chi connectivity index (χ3v) is 11.9. The van der Waals surface area contributed by atoms with Crippen LogP contribution in [0.25, 0.3) is 0 Å². The number of unbranched alkanes of at least 4 members (excludes halogenated alkanes) is 10. The SMILES string of the molecule is CC/C=C\C/C=C\C/C=C\C/C=C\C/C=C\C/C=C\C/C=C\C/C=C\C/C=C\C/C=C\C/C=C\C/C=C\CCCCCCC(=O)OC(COC(=O)CCCCCCC/C=C\C/C=C\CCC)COC(OCC[N+](C)(C)C)C(=O)O. The normalized spacial score (nSPS) is 14.0. The van der Waals surface area contributed by atoms with E-state index >= 15 is 0 Å². The lowest BCUT2D eigenvalue weighted by Gasteiger charge is -2.25. The number of rotatable bonds is 53. The van der Waals surface area contributed by atoms with Crippen LogP contribution in [0.2, 0.25) is 0 Å². The number of hydrogen-bond donors (Lipinski definition) is 1. The molecule has 9 heteroatoms. The Morgan fingerprint density at radius 1 is 0.392 bits per heavy atom. The van der Waals surface area contributed by atoms with Crippen molar-refractivity contribution >= 4 is 17.9 Å². The summed E-state index contributed by atoms with van der Waals surface area (Å²) in [4.78, 5) is 37.3. The average Bonchev–Trinajstić information content (AvgIpc) is 3.42. The molecule has 442 valence electrons. The topological polar surface area (TPSA) is 108 Å². The predicted molar refractivity (Wildman–Crippen MR) is 336 cm³/mol. The lowest BCUT2D eigenvalue weighted by atomic mass is 10.1. The third-order valence-electron chi connectivity index (χ3n) is 11.9. The number of quaternary nitrogens is 1. The predicted octanol–water partition coefficient (Wildman–Crippen LogP) is 18.3. The molecule has 79 heavy (non-hydrogen) atoms. The third kappa shape index (κ3) is 60.1. The highest BCUT2D eigenvalue weighted by Crippen LogP contribution is 2.12. The lowest BCUT2D eigenvalue weighted by Crippen LogP contribution is -2.40. The van der Waals surface area contributed by atoms with Gasteiger partial charge in [-0.15, -0.1) is 0 Å². The molecule has 0 aliphatic rings. The molecule has 0 spiro atoms. The van der Waals surface area contributed by atoms with E-state index in [0.29, 0.717) is 17.4 Å². The van der Waals surface area contributed by atoms with E-state index < -0.39 is 24.3 Å². The second kappa shape index (κ2) is 58.8. The zero-order valence-corrected chi connectivity index (χ0v) is 50.2. The van der Waals surface area contributed by atoms with Crippen LogP contribution in [0.5, 0.6) is 0 Å². The van der Waals surface area contributed by atoms with Gasteiger partial charge in [0, 0.05) is 12.8 Å². The minimum atomic E-state index is -1.53. The summed E-state index contributed by atoms with van der Waals surface area (Å²) in [6.07, 6.45) is 85.9. The van der Waals surface area contributed by atoms with Crippen LogP contribution in [0, 0.1) is 0 Å². The van der Waals surface area contributed by atoms with Crippen molar-refractivity contribution in [3.63, 3.8) is 0 Å². The summed E-state index contributed by atoms with van der Waals surface area (Å²) in [6.45, 7) is 4.61. The summed E-state index contributed by atoms with van der Waals surface area (Å²) < 4.78 is 22.8. The van der Waals surface area contributed by atoms with Gasteiger partial charge in [0.2, 0.25) is 0 Å². The molecule has 0 bridgehead atoms. The molecule has 0 aromatic heterocycles. The lowest BCUT2D eigenvalue weighted by molar-refractivity contribution is -0.870. The quantitative estimate of drug-likeness (QED) is 0.0211. The second-order valence-corrected chi connectivity index (χ2v) is 20.6. The molecule has 0 fully saturated rings. The molecule has 0 aliphatic heterocycles. The van der Waals surface area contributed by atoms with E-state index in [2.05, 4.69) is 184 Å². The Labute approximate surface area is 482 Å². The van der Waals surface area contributed by atoms with Crippen LogP contribution in [0.3, 0.4) is 0 Å². The summed E-state index contributed by atoms with van der Waals surface area (Å²) in [5.41, 5.74) is 0. The summed E-state index contributed by atoms with van der Waals surface area (Å²) >= 11 is 0. The molecule has 0 aromatic rings. The number of ether oxygens (including phenoxy) is 4. The van der Waals surface area contributed by atoms with Crippen LogP contribution in [-0.4, -0.2) is 87.4 Å². The minimum Gasteiger partial charge on any atom is -0.477 e. The van der Waals surface area contributed by atoms with Crippen molar-refractivity contribution in [2.45, 2.75) is 206 Å². The van der Waals surface area contributed by atoms with Crippen molar-refractivity contribution in [1.82, 2.24) is 0 Å². The number of carbonyl (C=O) groups is 3. The highest BCUT2D eigenvalue weighted by molar-refractivity contribution is 5.71. The number of esters is 2. The maximum absolute atomic E-state index is 12.9. The van der Waals surface area contributed by atoms with Crippen LogP contribution in [-0.2, 0) is 33.3 Å². The van der Waals surface area contributed by atoms with Crippen molar-refractivity contribution in [3.05, 3.63) is 170 Å². The Morgan fingerprint density at radius 3 is 1.08 bits per heavy atom. The summed E-state index contributed by atoms with van der Waals surface area (Å²) in [7, 11) is 5.93. The van der Waals surface area contributed by atoms with E-state index in [1.54, 1.807) is 0 Å². The molecule has 0 amide bonds. The van der Waals surface area contributed by atoms with Crippen molar-refractivity contribution in [2.24, 2.45) is 0 Å². The highest BCUT2D eigenvalue weighted by Gasteiger charge is 2.25. The number of nitrogens with zero attached hydrogens (tertiary/aromatic N) is 1. The average molecular weight is 1090 g/mol. The van der Waals surface area contributed by atoms with Crippen molar-refractivity contribution in [3.8, 4) is 0 Å². The van der Waals surface area contributed by atoms with E-state index in [0.717, 1.165) is 154 Å². The van der Waals surface area contributed by atoms with Crippen molar-refractivity contribution < 1.29 is 42.9 Å². The van der Waals surface area contributed by atoms with Crippen LogP contribution in [0.1, 0.15) is 194 Å². The summed E-state index contributed by atoms with van der Waals surface area (Å²) in [5.74, 6) is -2.08. The van der Waals surface area contributed by atoms with Gasteiger partial charge in [-0.05, 0) is 128 Å². The molecule has 0 heterocycles. The molecular formula is C70H110NO8+. The Bertz CT molecular complexity index is 1900. The van der Waals surface area contributed by atoms with Gasteiger partial charge in [-0.25, -0.2) is 4.79 Å². The van der Waals surface area contributed by atoms with Crippen molar-refractivity contribution in [1.29, 1.82) is 0 Å². The summed E-state index contributed by atoms with van der Waals surface area (Å²) in [6, 6.07) is 0. The Balaban J connectivity index is 4.25. The van der Waals surface area contributed by atoms with Crippen LogP contribution in [0.4, 0.5) is 0 Å². The van der Waals surface area contributed by atoms with Gasteiger partial charge >= 0.3 is 17.9 Å². The number of carboxylic acids is 1. The van der Waals surface area contributed by atoms with Gasteiger partial charge in [0.25, 0.3) is 6.29 Å². The van der Waals surface area contributed by atoms with Gasteiger partial charge in [-0.2, -0.15) is 0 Å². The standard InChI is InChI=1S/C70H109NO8/c1-6-8-10-12-14-16-18-20-21-22-23-24-25-26-27-28-29-30-31-32-33-34-35-36-37-38-39-40-41-42-43-44-45-46-47-49-51-53-55-57-59-61-68(73)79-66(65-78-70(69(74)75)76-63-62-71(3,4)5)64-77-67(72)60-58-56-54-52-50-48-19-17-15-13-11-9-7-2/h8,10-11,13-14,16-17,19-21,23-24,26-27,29-30,32-33,35-36,38-39,41-42,44-45,47,49,66,70H,6-7,9,12,15,18,22,25,28,31,34,37,40,43,46,48,50-65H2,1-5H3/p+1/b10-8-,13-11-,16-14-,19-17-,21-20-,24-23-,27-26-,30-29-,33-32-,36-35-,39-38-,42-41-,45-44-,49-47-. The van der Waals surface area contributed by atoms with Gasteiger partial charge in [0.1, 0.15) is 13.2 Å². The van der Waals surface area contributed by atoms with Crippen molar-refractivity contribution in [2.75, 3.05) is 47.5 Å². The second-order valence-electron chi connectivity index (χ2n) is 20.6. The van der Waals surface area contributed by atoms with E-state index in [1.165, 1.54) is 6.42 Å². The molecule has 0 rings (SSSR count). The Kier molecular flexibility index (Phi) is 54.8. The van der Waals surface area contributed by atoms with Crippen LogP contribution in [0.15, 0.2) is 170 Å². The van der Waals surface area contributed by atoms with E-state index in [-0.39, 0.29) is 38.6 Å². The van der Waals surface area contributed by atoms with E-state index in [1.807, 2.05) is 21.1 Å². The molecule has 0 radical (unpaired) electrons. The molecule has 0 saturated carbocycles. The number of likely N-dealkylation sites (N-methyl/N-ethyl adjacent to an activating group) is 1. The van der Waals surface area contributed by atoms with Crippen LogP contribution >= 0.6 is 0 Å². The molecular weight excluding hydrogens is 983 g/mol. The first-order valence-corrected chi connectivity index (χ1v) is 30.3. The largest absolute Gasteiger partial charge is 0.477 e. The van der Waals surface area contributed by atoms with Gasteiger partial charge in [-0.3, -0.25) is 9.59 Å². The molecule has 0 aromatic carbocycles. The van der Waals surface area contributed by atoms with Gasteiger partial charge < -0.3 is 28.5 Å². The molecule has 2 unspecified atom stereocenters. The minimum absolute atomic E-state index is 0.171. The Morgan fingerprint density at radius 2 is 0.722 bits per heavy atom. The first-order chi connectivity index (χ1) is 38.6. The first-order valence-electron chi connectivity index (χ1n) is 30.3. The number of carbonyl (C=O) groups excluding carboxylic acids is 2. The number of hydrogen-bond acceptors (Lipinski definition) is 7. The maximum Gasteiger partial charge on any atom is 0.361 e. The molecule has 2 atom stereocenters. The number of allylic oxidation sites excluding steroid dienone is 28. The molecule has 0 aliphatic carbocycles. The zero-order chi connectivity index (χ0) is 57.6. The fourth-order valence-corrected chi connectivity index (χ4v) is 7.32. The van der Waals surface area contributed by atoms with Crippen LogP contribution < -0.4 is 0 Å². The fraction of sp³-hybridized carbons (Fsp3) is 0.557. The summed E-state index contributed by atoms with van der Waals surface area (Å²) in [5, 5.41) is 9.69. The van der Waals surface area contributed by atoms with E-state index in [9.17, 15) is 19.5 Å². The van der Waals surface area contributed by atoms with Gasteiger partial charge in [-0.1, -0.05) is 223 Å². The number of aliphatic carboxylic acids is 1. The van der Waals surface area contributed by atoms with E-state index in [4.69, 9.17) is 18.9 Å². The van der Waals surface area contributed by atoms with Gasteiger partial charge in [0.15, 0.2) is 6.10 Å².